The van der Waals surface area contributed by atoms with Crippen LogP contribution in [-0.4, -0.2) is 30.6 Å². The number of benzene rings is 2. The number of nitro benzene ring substituents is 1. The SMILES string of the molecule is O=C1COc2cc([N+](=O)[O-])c(NCCOc3ccccc3)cc2N1. The van der Waals surface area contributed by atoms with Crippen molar-refractivity contribution in [3.63, 3.8) is 0 Å². The molecule has 0 bridgehead atoms. The van der Waals surface area contributed by atoms with Crippen LogP contribution in [0, 0.1) is 10.1 Å². The van der Waals surface area contributed by atoms with E-state index in [-0.39, 0.29) is 24.0 Å². The van der Waals surface area contributed by atoms with Crippen LogP contribution in [-0.2, 0) is 4.79 Å². The number of ether oxygens (including phenoxy) is 2. The van der Waals surface area contributed by atoms with Crippen LogP contribution >= 0.6 is 0 Å². The molecular weight excluding hydrogens is 314 g/mol. The van der Waals surface area contributed by atoms with Gasteiger partial charge < -0.3 is 20.1 Å². The maximum absolute atomic E-state index is 11.4. The topological polar surface area (TPSA) is 103 Å². The summed E-state index contributed by atoms with van der Waals surface area (Å²) in [6.45, 7) is 0.548. The standard InChI is InChI=1S/C16H15N3O5/c20-16-10-24-15-9-14(19(21)22)12(8-13(15)18-16)17-6-7-23-11-4-2-1-3-5-11/h1-5,8-9,17H,6-7,10H2,(H,18,20). The van der Waals surface area contributed by atoms with E-state index in [2.05, 4.69) is 10.6 Å². The predicted octanol–water partition coefficient (Wildman–Crippen LogP) is 2.42. The van der Waals surface area contributed by atoms with Gasteiger partial charge in [-0.25, -0.2) is 0 Å². The van der Waals surface area contributed by atoms with Crippen LogP contribution in [0.25, 0.3) is 0 Å². The molecule has 8 nitrogen and oxygen atoms in total. The minimum absolute atomic E-state index is 0.121. The molecule has 0 saturated carbocycles. The molecule has 0 fully saturated rings. The Hall–Kier alpha value is -3.29. The van der Waals surface area contributed by atoms with Crippen LogP contribution in [0.5, 0.6) is 11.5 Å². The average Bonchev–Trinajstić information content (AvgIpc) is 2.58. The molecule has 2 aromatic rings. The number of carbonyl (C=O) groups excluding carboxylic acids is 1. The Kier molecular flexibility index (Phi) is 4.46. The van der Waals surface area contributed by atoms with Crippen molar-refractivity contribution in [2.24, 2.45) is 0 Å². The number of hydrogen-bond acceptors (Lipinski definition) is 6. The quantitative estimate of drug-likeness (QED) is 0.479. The van der Waals surface area contributed by atoms with Crippen LogP contribution in [0.2, 0.25) is 0 Å². The molecule has 1 heterocycles. The molecule has 0 radical (unpaired) electrons. The number of nitro groups is 1. The molecule has 0 spiro atoms. The maximum atomic E-state index is 11.4. The van der Waals surface area contributed by atoms with Gasteiger partial charge in [-0.2, -0.15) is 0 Å². The molecule has 0 aromatic heterocycles. The summed E-state index contributed by atoms with van der Waals surface area (Å²) >= 11 is 0. The zero-order valence-corrected chi connectivity index (χ0v) is 12.7. The molecule has 1 amide bonds. The lowest BCUT2D eigenvalue weighted by Crippen LogP contribution is -2.25. The normalized spacial score (nSPS) is 12.6. The lowest BCUT2D eigenvalue weighted by atomic mass is 10.2. The first-order valence-electron chi connectivity index (χ1n) is 7.30. The van der Waals surface area contributed by atoms with Crippen molar-refractivity contribution in [3.8, 4) is 11.5 Å². The van der Waals surface area contributed by atoms with E-state index in [0.717, 1.165) is 5.75 Å². The minimum Gasteiger partial charge on any atom is -0.492 e. The van der Waals surface area contributed by atoms with Gasteiger partial charge in [0.2, 0.25) is 0 Å². The molecule has 1 aliphatic heterocycles. The van der Waals surface area contributed by atoms with Crippen LogP contribution in [0.3, 0.4) is 0 Å². The van der Waals surface area contributed by atoms with Gasteiger partial charge in [-0.15, -0.1) is 0 Å². The van der Waals surface area contributed by atoms with Gasteiger partial charge in [0.05, 0.1) is 16.7 Å². The number of anilines is 2. The molecule has 2 N–H and O–H groups in total. The van der Waals surface area contributed by atoms with Gasteiger partial charge in [0.1, 0.15) is 18.0 Å². The number of rotatable bonds is 6. The molecule has 0 atom stereocenters. The highest BCUT2D eigenvalue weighted by Crippen LogP contribution is 2.37. The molecule has 8 heteroatoms. The predicted molar refractivity (Wildman–Crippen MR) is 87.6 cm³/mol. The number of nitrogens with one attached hydrogen (secondary N) is 2. The van der Waals surface area contributed by atoms with Crippen molar-refractivity contribution in [2.75, 3.05) is 30.4 Å². The first kappa shape index (κ1) is 15.6. The van der Waals surface area contributed by atoms with Crippen LogP contribution in [0.15, 0.2) is 42.5 Å². The van der Waals surface area contributed by atoms with E-state index < -0.39 is 4.92 Å². The average molecular weight is 329 g/mol. The van der Waals surface area contributed by atoms with E-state index in [4.69, 9.17) is 9.47 Å². The molecule has 1 aliphatic rings. The maximum Gasteiger partial charge on any atom is 0.296 e. The number of fused-ring (bicyclic) bond motifs is 1. The van der Waals surface area contributed by atoms with Crippen molar-refractivity contribution >= 4 is 23.0 Å². The Labute approximate surface area is 137 Å². The fraction of sp³-hybridized carbons (Fsp3) is 0.188. The Morgan fingerprint density at radius 1 is 1.29 bits per heavy atom. The molecule has 0 aliphatic carbocycles. The second-order valence-electron chi connectivity index (χ2n) is 5.05. The zero-order chi connectivity index (χ0) is 16.9. The number of hydrogen-bond donors (Lipinski definition) is 2. The first-order valence-corrected chi connectivity index (χ1v) is 7.30. The number of carbonyl (C=O) groups is 1. The summed E-state index contributed by atoms with van der Waals surface area (Å²) in [5.41, 5.74) is 0.578. The number of nitrogens with zero attached hydrogens (tertiary/aromatic N) is 1. The van der Waals surface area contributed by atoms with E-state index in [0.29, 0.717) is 24.5 Å². The van der Waals surface area contributed by atoms with Crippen molar-refractivity contribution in [2.45, 2.75) is 0 Å². The van der Waals surface area contributed by atoms with Crippen LogP contribution in [0.4, 0.5) is 17.1 Å². The number of amides is 1. The lowest BCUT2D eigenvalue weighted by Gasteiger charge is -2.19. The van der Waals surface area contributed by atoms with Crippen molar-refractivity contribution in [3.05, 3.63) is 52.6 Å². The van der Waals surface area contributed by atoms with Crippen LogP contribution in [0.1, 0.15) is 0 Å². The summed E-state index contributed by atoms with van der Waals surface area (Å²) in [6, 6.07) is 12.1. The second-order valence-corrected chi connectivity index (χ2v) is 5.05. The summed E-state index contributed by atoms with van der Waals surface area (Å²) in [5.74, 6) is 0.710. The molecule has 124 valence electrons. The largest absolute Gasteiger partial charge is 0.492 e. The lowest BCUT2D eigenvalue weighted by molar-refractivity contribution is -0.384. The monoisotopic (exact) mass is 329 g/mol. The zero-order valence-electron chi connectivity index (χ0n) is 12.7. The Morgan fingerprint density at radius 2 is 2.08 bits per heavy atom. The molecule has 0 saturated heterocycles. The van der Waals surface area contributed by atoms with Gasteiger partial charge in [-0.3, -0.25) is 14.9 Å². The van der Waals surface area contributed by atoms with Gasteiger partial charge >= 0.3 is 0 Å². The molecule has 3 rings (SSSR count). The third-order valence-electron chi connectivity index (χ3n) is 3.36. The summed E-state index contributed by atoms with van der Waals surface area (Å²) in [4.78, 5) is 22.1. The minimum atomic E-state index is -0.500. The Balaban J connectivity index is 1.68. The molecular formula is C16H15N3O5. The highest BCUT2D eigenvalue weighted by Gasteiger charge is 2.23. The van der Waals surface area contributed by atoms with Crippen LogP contribution < -0.4 is 20.1 Å². The van der Waals surface area contributed by atoms with E-state index in [1.807, 2.05) is 30.3 Å². The van der Waals surface area contributed by atoms with Gasteiger partial charge in [-0.05, 0) is 18.2 Å². The van der Waals surface area contributed by atoms with Crippen molar-refractivity contribution < 1.29 is 19.2 Å². The molecule has 2 aromatic carbocycles. The van der Waals surface area contributed by atoms with Gasteiger partial charge in [0, 0.05) is 6.54 Å². The summed E-state index contributed by atoms with van der Waals surface area (Å²) in [5, 5.41) is 16.8. The fourth-order valence-electron chi connectivity index (χ4n) is 2.28. The summed E-state index contributed by atoms with van der Waals surface area (Å²) in [7, 11) is 0. The third kappa shape index (κ3) is 3.54. The fourth-order valence-corrected chi connectivity index (χ4v) is 2.28. The second kappa shape index (κ2) is 6.86. The summed E-state index contributed by atoms with van der Waals surface area (Å²) in [6.07, 6.45) is 0. The summed E-state index contributed by atoms with van der Waals surface area (Å²) < 4.78 is 10.7. The van der Waals surface area contributed by atoms with E-state index in [1.165, 1.54) is 12.1 Å². The Bertz CT molecular complexity index is 764. The smallest absolute Gasteiger partial charge is 0.296 e. The van der Waals surface area contributed by atoms with Crippen molar-refractivity contribution in [1.29, 1.82) is 0 Å². The third-order valence-corrected chi connectivity index (χ3v) is 3.36. The van der Waals surface area contributed by atoms with Crippen molar-refractivity contribution in [1.82, 2.24) is 0 Å². The highest BCUT2D eigenvalue weighted by atomic mass is 16.6. The molecule has 0 unspecified atom stereocenters. The van der Waals surface area contributed by atoms with Gasteiger partial charge in [0.15, 0.2) is 12.4 Å². The van der Waals surface area contributed by atoms with Gasteiger partial charge in [0.25, 0.3) is 11.6 Å². The Morgan fingerprint density at radius 3 is 2.83 bits per heavy atom. The number of para-hydroxylation sites is 1. The molecule has 24 heavy (non-hydrogen) atoms. The van der Waals surface area contributed by atoms with E-state index in [9.17, 15) is 14.9 Å². The first-order chi connectivity index (χ1) is 11.6. The highest BCUT2D eigenvalue weighted by molar-refractivity contribution is 5.96. The van der Waals surface area contributed by atoms with E-state index in [1.54, 1.807) is 0 Å². The van der Waals surface area contributed by atoms with E-state index >= 15 is 0 Å². The van der Waals surface area contributed by atoms with Gasteiger partial charge in [-0.1, -0.05) is 18.2 Å².